The first-order chi connectivity index (χ1) is 19.1. The lowest BCUT2D eigenvalue weighted by molar-refractivity contribution is -0.239. The summed E-state index contributed by atoms with van der Waals surface area (Å²) in [6, 6.07) is 20.2. The maximum absolute atomic E-state index is 12.3. The molecular weight excluding hydrogens is 556 g/mol. The fraction of sp³-hybridized carbons (Fsp3) is 0.276. The van der Waals surface area contributed by atoms with Gasteiger partial charge in [-0.15, -0.1) is 0 Å². The summed E-state index contributed by atoms with van der Waals surface area (Å²) in [6.07, 6.45) is -4.72. The third-order valence-electron chi connectivity index (χ3n) is 6.16. The Hall–Kier alpha value is -4.04. The molecule has 4 atom stereocenters. The Morgan fingerprint density at radius 3 is 2.10 bits per heavy atom. The number of benzene rings is 2. The summed E-state index contributed by atoms with van der Waals surface area (Å²) < 4.78 is 24.3. The molecule has 0 radical (unpaired) electrons. The molecule has 206 valence electrons. The molecule has 40 heavy (non-hydrogen) atoms. The van der Waals surface area contributed by atoms with Crippen LogP contribution in [0, 0.1) is 16.0 Å². The molecular formula is C29H25ClN2O7S. The highest BCUT2D eigenvalue weighted by Gasteiger charge is 2.48. The molecule has 9 nitrogen and oxygen atoms in total. The van der Waals surface area contributed by atoms with Crippen LogP contribution in [0.5, 0.6) is 0 Å². The minimum absolute atomic E-state index is 0.100. The summed E-state index contributed by atoms with van der Waals surface area (Å²) in [6.45, 7) is 3.38. The van der Waals surface area contributed by atoms with E-state index in [-0.39, 0.29) is 16.8 Å². The van der Waals surface area contributed by atoms with Crippen molar-refractivity contribution in [1.29, 1.82) is 5.26 Å². The van der Waals surface area contributed by atoms with Gasteiger partial charge in [-0.1, -0.05) is 66.3 Å². The van der Waals surface area contributed by atoms with Crippen LogP contribution in [0.1, 0.15) is 32.6 Å². The highest BCUT2D eigenvalue weighted by Crippen LogP contribution is 2.38. The van der Waals surface area contributed by atoms with Gasteiger partial charge < -0.3 is 23.5 Å². The second-order valence-corrected chi connectivity index (χ2v) is 9.82. The molecule has 0 spiro atoms. The Bertz CT molecular complexity index is 1530. The smallest absolute Gasteiger partial charge is 0.303 e. The van der Waals surface area contributed by atoms with Crippen molar-refractivity contribution in [3.05, 3.63) is 75.9 Å². The van der Waals surface area contributed by atoms with Gasteiger partial charge in [0.05, 0.1) is 17.9 Å². The number of hydrogen-bond donors (Lipinski definition) is 0. The van der Waals surface area contributed by atoms with Crippen LogP contribution in [-0.2, 0) is 33.3 Å². The molecule has 0 amide bonds. The van der Waals surface area contributed by atoms with E-state index >= 15 is 0 Å². The third-order valence-corrected chi connectivity index (χ3v) is 6.81. The number of nitriles is 1. The van der Waals surface area contributed by atoms with Crippen LogP contribution >= 0.6 is 23.8 Å². The number of carbonyl (C=O) groups excluding carboxylic acids is 3. The quantitative estimate of drug-likeness (QED) is 0.214. The highest BCUT2D eigenvalue weighted by atomic mass is 35.5. The fourth-order valence-electron chi connectivity index (χ4n) is 4.62. The number of pyridine rings is 1. The number of nitrogens with zero attached hydrogens (tertiary/aromatic N) is 2. The molecule has 1 aliphatic rings. The highest BCUT2D eigenvalue weighted by molar-refractivity contribution is 7.71. The predicted molar refractivity (Wildman–Crippen MR) is 148 cm³/mol. The van der Waals surface area contributed by atoms with Crippen molar-refractivity contribution in [3.63, 3.8) is 0 Å². The van der Waals surface area contributed by atoms with Crippen LogP contribution in [0.15, 0.2) is 60.7 Å². The Kier molecular flexibility index (Phi) is 9.00. The van der Waals surface area contributed by atoms with Gasteiger partial charge in [0.2, 0.25) is 0 Å². The second kappa shape index (κ2) is 12.4. The van der Waals surface area contributed by atoms with E-state index in [0.717, 1.165) is 5.56 Å². The standard InChI is InChI=1S/C29H25ClN2O7S/c1-16(33)37-25-15-36-28(27(39-18(3)35)26(25)38-17(2)34)32-24(20-9-11-21(30)12-10-20)13-22(23(14-31)29(32)40)19-7-5-4-6-8-19/h4-13,25-28H,15H2,1-3H3/t25-,26+,27+,28+/m0/s1. The van der Waals surface area contributed by atoms with Crippen molar-refractivity contribution in [2.45, 2.75) is 45.3 Å². The number of hydrogen-bond acceptors (Lipinski definition) is 9. The van der Waals surface area contributed by atoms with Gasteiger partial charge in [0.15, 0.2) is 24.5 Å². The topological polar surface area (TPSA) is 117 Å². The van der Waals surface area contributed by atoms with Crippen molar-refractivity contribution in [2.75, 3.05) is 6.61 Å². The molecule has 1 saturated heterocycles. The summed E-state index contributed by atoms with van der Waals surface area (Å²) in [5.41, 5.74) is 2.74. The van der Waals surface area contributed by atoms with Crippen molar-refractivity contribution in [1.82, 2.24) is 4.57 Å². The van der Waals surface area contributed by atoms with Crippen LogP contribution in [0.4, 0.5) is 0 Å². The number of halogens is 1. The maximum atomic E-state index is 12.3. The number of esters is 3. The van der Waals surface area contributed by atoms with Crippen LogP contribution in [0.25, 0.3) is 22.4 Å². The molecule has 11 heteroatoms. The van der Waals surface area contributed by atoms with E-state index in [0.29, 0.717) is 21.8 Å². The molecule has 2 aromatic carbocycles. The van der Waals surface area contributed by atoms with Crippen molar-refractivity contribution in [2.24, 2.45) is 0 Å². The molecule has 4 rings (SSSR count). The summed E-state index contributed by atoms with van der Waals surface area (Å²) in [7, 11) is 0. The monoisotopic (exact) mass is 580 g/mol. The summed E-state index contributed by atoms with van der Waals surface area (Å²) in [5.74, 6) is -2.01. The molecule has 0 unspecified atom stereocenters. The third kappa shape index (κ3) is 6.23. The molecule has 0 bridgehead atoms. The first-order valence-electron chi connectivity index (χ1n) is 12.2. The van der Waals surface area contributed by atoms with Crippen molar-refractivity contribution in [3.8, 4) is 28.5 Å². The normalized spacial score (nSPS) is 20.2. The zero-order valence-electron chi connectivity index (χ0n) is 21.8. The molecule has 1 fully saturated rings. The Morgan fingerprint density at radius 1 is 0.925 bits per heavy atom. The summed E-state index contributed by atoms with van der Waals surface area (Å²) in [5, 5.41) is 10.7. The zero-order valence-corrected chi connectivity index (χ0v) is 23.4. The average molecular weight is 581 g/mol. The average Bonchev–Trinajstić information content (AvgIpc) is 2.90. The minimum atomic E-state index is -1.29. The van der Waals surface area contributed by atoms with Crippen molar-refractivity contribution >= 4 is 41.7 Å². The van der Waals surface area contributed by atoms with Crippen LogP contribution in [0.2, 0.25) is 5.02 Å². The van der Waals surface area contributed by atoms with Gasteiger partial charge in [0, 0.05) is 31.4 Å². The zero-order chi connectivity index (χ0) is 29.0. The van der Waals surface area contributed by atoms with Gasteiger partial charge in [-0.05, 0) is 29.3 Å². The van der Waals surface area contributed by atoms with Crippen LogP contribution < -0.4 is 0 Å². The van der Waals surface area contributed by atoms with Gasteiger partial charge in [-0.25, -0.2) is 0 Å². The van der Waals surface area contributed by atoms with E-state index < -0.39 is 42.4 Å². The first-order valence-corrected chi connectivity index (χ1v) is 13.0. The minimum Gasteiger partial charge on any atom is -0.456 e. The van der Waals surface area contributed by atoms with Gasteiger partial charge in [-0.2, -0.15) is 5.26 Å². The van der Waals surface area contributed by atoms with Crippen LogP contribution in [0.3, 0.4) is 0 Å². The van der Waals surface area contributed by atoms with Gasteiger partial charge >= 0.3 is 17.9 Å². The van der Waals surface area contributed by atoms with E-state index in [1.54, 1.807) is 34.9 Å². The second-order valence-electron chi connectivity index (χ2n) is 9.00. The fourth-order valence-corrected chi connectivity index (χ4v) is 5.10. The Morgan fingerprint density at radius 2 is 1.52 bits per heavy atom. The number of ether oxygens (including phenoxy) is 4. The Labute approximate surface area is 240 Å². The first kappa shape index (κ1) is 29.0. The van der Waals surface area contributed by atoms with E-state index in [2.05, 4.69) is 6.07 Å². The van der Waals surface area contributed by atoms with Gasteiger partial charge in [-0.3, -0.25) is 14.4 Å². The van der Waals surface area contributed by atoms with Crippen molar-refractivity contribution < 1.29 is 33.3 Å². The lowest BCUT2D eigenvalue weighted by Gasteiger charge is -2.42. The van der Waals surface area contributed by atoms with E-state index in [9.17, 15) is 19.6 Å². The summed E-state index contributed by atoms with van der Waals surface area (Å²) in [4.78, 5) is 36.1. The largest absolute Gasteiger partial charge is 0.456 e. The SMILES string of the molecule is CC(=O)O[C@@H]1[C@H](OC(C)=O)[C@@H](OC(C)=O)CO[C@H]1n1c(-c2ccc(Cl)cc2)cc(-c2ccccc2)c(C#N)c1=S. The molecule has 1 aliphatic heterocycles. The molecule has 1 aromatic heterocycles. The lowest BCUT2D eigenvalue weighted by Crippen LogP contribution is -2.55. The number of rotatable bonds is 6. The van der Waals surface area contributed by atoms with Crippen LogP contribution in [-0.4, -0.2) is 47.4 Å². The van der Waals surface area contributed by atoms with E-state index in [1.165, 1.54) is 20.8 Å². The number of aromatic nitrogens is 1. The van der Waals surface area contributed by atoms with Gasteiger partial charge in [0.1, 0.15) is 10.7 Å². The lowest BCUT2D eigenvalue weighted by atomic mass is 9.97. The maximum Gasteiger partial charge on any atom is 0.303 e. The number of carbonyl (C=O) groups is 3. The predicted octanol–water partition coefficient (Wildman–Crippen LogP) is 5.40. The molecule has 0 aliphatic carbocycles. The summed E-state index contributed by atoms with van der Waals surface area (Å²) >= 11 is 12.0. The van der Waals surface area contributed by atoms with Gasteiger partial charge in [0.25, 0.3) is 0 Å². The van der Waals surface area contributed by atoms with E-state index in [4.69, 9.17) is 42.8 Å². The molecule has 0 saturated carbocycles. The van der Waals surface area contributed by atoms with E-state index in [1.807, 2.05) is 30.3 Å². The molecule has 2 heterocycles. The molecule has 3 aromatic rings. The molecule has 0 N–H and O–H groups in total. The Balaban J connectivity index is 1.99.